The SMILES string of the molecule is NC(=S)c1ccc(CN2CCC(CCO)C2)cc1. The van der Waals surface area contributed by atoms with E-state index >= 15 is 0 Å². The molecule has 0 spiro atoms. The van der Waals surface area contributed by atoms with Crippen molar-refractivity contribution in [2.75, 3.05) is 19.7 Å². The summed E-state index contributed by atoms with van der Waals surface area (Å²) in [5.41, 5.74) is 7.79. The molecule has 0 bridgehead atoms. The van der Waals surface area contributed by atoms with Gasteiger partial charge in [0.15, 0.2) is 0 Å². The lowest BCUT2D eigenvalue weighted by Crippen LogP contribution is -2.20. The fourth-order valence-corrected chi connectivity index (χ4v) is 2.64. The Morgan fingerprint density at radius 1 is 1.39 bits per heavy atom. The van der Waals surface area contributed by atoms with E-state index in [2.05, 4.69) is 17.0 Å². The van der Waals surface area contributed by atoms with Crippen LogP contribution in [0, 0.1) is 5.92 Å². The molecule has 0 aliphatic carbocycles. The number of aliphatic hydroxyl groups excluding tert-OH is 1. The quantitative estimate of drug-likeness (QED) is 0.792. The number of hydrogen-bond donors (Lipinski definition) is 2. The fraction of sp³-hybridized carbons (Fsp3) is 0.500. The van der Waals surface area contributed by atoms with E-state index in [1.165, 1.54) is 12.0 Å². The number of rotatable bonds is 5. The van der Waals surface area contributed by atoms with E-state index in [1.54, 1.807) is 0 Å². The van der Waals surface area contributed by atoms with Crippen molar-refractivity contribution in [3.05, 3.63) is 35.4 Å². The summed E-state index contributed by atoms with van der Waals surface area (Å²) in [4.78, 5) is 2.89. The molecular weight excluding hydrogens is 244 g/mol. The maximum absolute atomic E-state index is 8.94. The number of hydrogen-bond acceptors (Lipinski definition) is 3. The van der Waals surface area contributed by atoms with Gasteiger partial charge in [0, 0.05) is 25.3 Å². The first-order valence-electron chi connectivity index (χ1n) is 6.41. The van der Waals surface area contributed by atoms with Crippen LogP contribution in [-0.2, 0) is 6.54 Å². The molecule has 1 aromatic rings. The Balaban J connectivity index is 1.88. The molecule has 0 amide bonds. The van der Waals surface area contributed by atoms with Crippen LogP contribution in [0.15, 0.2) is 24.3 Å². The second-order valence-corrected chi connectivity index (χ2v) is 5.40. The largest absolute Gasteiger partial charge is 0.396 e. The Labute approximate surface area is 114 Å². The summed E-state index contributed by atoms with van der Waals surface area (Å²) in [5.74, 6) is 0.658. The molecule has 3 N–H and O–H groups in total. The maximum atomic E-state index is 8.94. The van der Waals surface area contributed by atoms with Crippen molar-refractivity contribution >= 4 is 17.2 Å². The van der Waals surface area contributed by atoms with Crippen LogP contribution in [0.4, 0.5) is 0 Å². The molecule has 4 heteroatoms. The summed E-state index contributed by atoms with van der Waals surface area (Å²) in [6.45, 7) is 3.50. The third-order valence-corrected chi connectivity index (χ3v) is 3.79. The van der Waals surface area contributed by atoms with E-state index in [-0.39, 0.29) is 0 Å². The Morgan fingerprint density at radius 3 is 2.72 bits per heavy atom. The first kappa shape index (κ1) is 13.5. The Kier molecular flexibility index (Phi) is 4.69. The molecule has 1 aliphatic heterocycles. The van der Waals surface area contributed by atoms with E-state index in [4.69, 9.17) is 23.1 Å². The summed E-state index contributed by atoms with van der Waals surface area (Å²) in [7, 11) is 0. The van der Waals surface area contributed by atoms with Gasteiger partial charge in [-0.05, 0) is 30.9 Å². The van der Waals surface area contributed by atoms with Gasteiger partial charge < -0.3 is 10.8 Å². The highest BCUT2D eigenvalue weighted by atomic mass is 32.1. The fourth-order valence-electron chi connectivity index (χ4n) is 2.51. The Morgan fingerprint density at radius 2 is 2.11 bits per heavy atom. The molecule has 1 saturated heterocycles. The van der Waals surface area contributed by atoms with Crippen molar-refractivity contribution in [3.63, 3.8) is 0 Å². The van der Waals surface area contributed by atoms with Crippen molar-refractivity contribution < 1.29 is 5.11 Å². The van der Waals surface area contributed by atoms with Crippen LogP contribution < -0.4 is 5.73 Å². The molecule has 1 heterocycles. The van der Waals surface area contributed by atoms with Gasteiger partial charge in [0.2, 0.25) is 0 Å². The highest BCUT2D eigenvalue weighted by Crippen LogP contribution is 2.21. The molecule has 1 fully saturated rings. The lowest BCUT2D eigenvalue weighted by molar-refractivity contribution is 0.249. The minimum Gasteiger partial charge on any atom is -0.396 e. The van der Waals surface area contributed by atoms with Gasteiger partial charge in [-0.1, -0.05) is 36.5 Å². The highest BCUT2D eigenvalue weighted by molar-refractivity contribution is 7.80. The van der Waals surface area contributed by atoms with Crippen molar-refractivity contribution in [2.45, 2.75) is 19.4 Å². The summed E-state index contributed by atoms with van der Waals surface area (Å²) in [5, 5.41) is 8.94. The van der Waals surface area contributed by atoms with E-state index in [0.29, 0.717) is 17.5 Å². The Hall–Kier alpha value is -0.970. The number of nitrogens with zero attached hydrogens (tertiary/aromatic N) is 1. The van der Waals surface area contributed by atoms with E-state index in [9.17, 15) is 0 Å². The average Bonchev–Trinajstić information content (AvgIpc) is 2.78. The smallest absolute Gasteiger partial charge is 0.103 e. The van der Waals surface area contributed by atoms with E-state index in [0.717, 1.165) is 31.6 Å². The van der Waals surface area contributed by atoms with Crippen LogP contribution in [0.25, 0.3) is 0 Å². The van der Waals surface area contributed by atoms with Crippen LogP contribution in [0.1, 0.15) is 24.0 Å². The van der Waals surface area contributed by atoms with Crippen LogP contribution >= 0.6 is 12.2 Å². The first-order chi connectivity index (χ1) is 8.69. The van der Waals surface area contributed by atoms with Gasteiger partial charge >= 0.3 is 0 Å². The average molecular weight is 264 g/mol. The first-order valence-corrected chi connectivity index (χ1v) is 6.82. The molecule has 0 saturated carbocycles. The van der Waals surface area contributed by atoms with Gasteiger partial charge in [-0.15, -0.1) is 0 Å². The van der Waals surface area contributed by atoms with Crippen molar-refractivity contribution in [3.8, 4) is 0 Å². The summed E-state index contributed by atoms with van der Waals surface area (Å²) >= 11 is 4.94. The number of likely N-dealkylation sites (tertiary alicyclic amines) is 1. The molecule has 98 valence electrons. The van der Waals surface area contributed by atoms with Crippen molar-refractivity contribution in [1.29, 1.82) is 0 Å². The van der Waals surface area contributed by atoms with Gasteiger partial charge in [-0.3, -0.25) is 4.90 Å². The standard InChI is InChI=1S/C14H20N2OS/c15-14(18)13-3-1-11(2-4-13)9-16-7-5-12(10-16)6-8-17/h1-4,12,17H,5-10H2,(H2,15,18). The second kappa shape index (κ2) is 6.27. The van der Waals surface area contributed by atoms with Crippen molar-refractivity contribution in [1.82, 2.24) is 4.90 Å². The normalized spacial score (nSPS) is 20.2. The van der Waals surface area contributed by atoms with Crippen LogP contribution in [0.2, 0.25) is 0 Å². The van der Waals surface area contributed by atoms with Crippen LogP contribution in [-0.4, -0.2) is 34.7 Å². The van der Waals surface area contributed by atoms with Crippen LogP contribution in [0.5, 0.6) is 0 Å². The van der Waals surface area contributed by atoms with Gasteiger partial charge in [-0.25, -0.2) is 0 Å². The molecule has 3 nitrogen and oxygen atoms in total. The molecule has 2 rings (SSSR count). The van der Waals surface area contributed by atoms with E-state index < -0.39 is 0 Å². The number of aliphatic hydroxyl groups is 1. The van der Waals surface area contributed by atoms with Gasteiger partial charge in [0.05, 0.1) is 0 Å². The number of nitrogens with two attached hydrogens (primary N) is 1. The zero-order valence-electron chi connectivity index (χ0n) is 10.5. The second-order valence-electron chi connectivity index (χ2n) is 4.96. The molecular formula is C14H20N2OS. The predicted octanol–water partition coefficient (Wildman–Crippen LogP) is 1.53. The molecule has 0 aromatic heterocycles. The summed E-state index contributed by atoms with van der Waals surface area (Å²) < 4.78 is 0. The maximum Gasteiger partial charge on any atom is 0.103 e. The molecule has 1 unspecified atom stereocenters. The van der Waals surface area contributed by atoms with E-state index in [1.807, 2.05) is 12.1 Å². The van der Waals surface area contributed by atoms with Gasteiger partial charge in [0.25, 0.3) is 0 Å². The van der Waals surface area contributed by atoms with Crippen LogP contribution in [0.3, 0.4) is 0 Å². The number of benzene rings is 1. The van der Waals surface area contributed by atoms with Gasteiger partial charge in [-0.2, -0.15) is 0 Å². The minimum absolute atomic E-state index is 0.307. The lowest BCUT2D eigenvalue weighted by Gasteiger charge is -2.16. The molecule has 1 atom stereocenters. The zero-order chi connectivity index (χ0) is 13.0. The monoisotopic (exact) mass is 264 g/mol. The van der Waals surface area contributed by atoms with Crippen molar-refractivity contribution in [2.24, 2.45) is 11.7 Å². The predicted molar refractivity (Wildman–Crippen MR) is 77.4 cm³/mol. The topological polar surface area (TPSA) is 49.5 Å². The number of thiocarbonyl (C=S) groups is 1. The molecule has 1 aliphatic rings. The molecule has 0 radical (unpaired) electrons. The zero-order valence-corrected chi connectivity index (χ0v) is 11.3. The third-order valence-electron chi connectivity index (χ3n) is 3.55. The minimum atomic E-state index is 0.307. The summed E-state index contributed by atoms with van der Waals surface area (Å²) in [6, 6.07) is 8.15. The molecule has 1 aromatic carbocycles. The van der Waals surface area contributed by atoms with Gasteiger partial charge in [0.1, 0.15) is 4.99 Å². The summed E-state index contributed by atoms with van der Waals surface area (Å²) in [6.07, 6.45) is 2.13. The molecule has 18 heavy (non-hydrogen) atoms. The Bertz CT molecular complexity index is 405. The highest BCUT2D eigenvalue weighted by Gasteiger charge is 2.21. The third kappa shape index (κ3) is 3.51. The lowest BCUT2D eigenvalue weighted by atomic mass is 10.1.